The molecule has 0 N–H and O–H groups in total. The molecule has 1 saturated heterocycles. The molecule has 164 valence electrons. The van der Waals surface area contributed by atoms with E-state index < -0.39 is 0 Å². The topological polar surface area (TPSA) is 59.1 Å². The maximum Gasteiger partial charge on any atom is 0.254 e. The van der Waals surface area contributed by atoms with Gasteiger partial charge in [-0.25, -0.2) is 0 Å². The van der Waals surface area contributed by atoms with Gasteiger partial charge in [0.05, 0.1) is 19.3 Å². The summed E-state index contributed by atoms with van der Waals surface area (Å²) in [6.07, 6.45) is 2.90. The van der Waals surface area contributed by atoms with Crippen molar-refractivity contribution in [2.24, 2.45) is 0 Å². The third-order valence-electron chi connectivity index (χ3n) is 6.04. The summed E-state index contributed by atoms with van der Waals surface area (Å²) in [5, 5.41) is 0. The molecule has 1 atom stereocenters. The molecule has 1 unspecified atom stereocenters. The highest BCUT2D eigenvalue weighted by Crippen LogP contribution is 2.33. The van der Waals surface area contributed by atoms with Crippen molar-refractivity contribution in [1.29, 1.82) is 0 Å². The Balaban J connectivity index is 1.43. The second-order valence-corrected chi connectivity index (χ2v) is 8.40. The first-order chi connectivity index (χ1) is 15.1. The van der Waals surface area contributed by atoms with Gasteiger partial charge >= 0.3 is 0 Å². The molecule has 2 fully saturated rings. The molecular formula is C25H30N2O4. The number of carbonyl (C=O) groups is 2. The van der Waals surface area contributed by atoms with Gasteiger partial charge in [0.25, 0.3) is 11.8 Å². The summed E-state index contributed by atoms with van der Waals surface area (Å²) in [6.45, 7) is 2.33. The summed E-state index contributed by atoms with van der Waals surface area (Å²) in [5.41, 5.74) is 3.47. The summed E-state index contributed by atoms with van der Waals surface area (Å²) in [5.74, 6) is 0.0910. The molecule has 0 aromatic heterocycles. The average Bonchev–Trinajstić information content (AvgIpc) is 3.50. The fourth-order valence-corrected chi connectivity index (χ4v) is 4.29. The van der Waals surface area contributed by atoms with E-state index in [0.29, 0.717) is 43.5 Å². The Labute approximate surface area is 183 Å². The first kappa shape index (κ1) is 21.5. The number of likely N-dealkylation sites (tertiary alicyclic amines) is 1. The van der Waals surface area contributed by atoms with E-state index in [1.165, 1.54) is 0 Å². The van der Waals surface area contributed by atoms with Crippen molar-refractivity contribution >= 4 is 11.8 Å². The zero-order valence-electron chi connectivity index (χ0n) is 18.3. The Morgan fingerprint density at radius 2 is 1.39 bits per heavy atom. The van der Waals surface area contributed by atoms with Crippen LogP contribution in [0, 0.1) is 0 Å². The van der Waals surface area contributed by atoms with Crippen molar-refractivity contribution in [3.8, 4) is 0 Å². The van der Waals surface area contributed by atoms with Gasteiger partial charge < -0.3 is 19.3 Å². The summed E-state index contributed by atoms with van der Waals surface area (Å²) >= 11 is 0. The lowest BCUT2D eigenvalue weighted by Gasteiger charge is -2.29. The van der Waals surface area contributed by atoms with E-state index in [4.69, 9.17) is 9.47 Å². The number of rotatable bonds is 8. The maximum absolute atomic E-state index is 13.3. The number of benzene rings is 2. The second kappa shape index (κ2) is 9.62. The molecule has 31 heavy (non-hydrogen) atoms. The quantitative estimate of drug-likeness (QED) is 0.653. The van der Waals surface area contributed by atoms with Crippen LogP contribution < -0.4 is 0 Å². The van der Waals surface area contributed by atoms with Crippen molar-refractivity contribution in [2.75, 3.05) is 27.3 Å². The van der Waals surface area contributed by atoms with Crippen LogP contribution in [0.4, 0.5) is 0 Å². The Bertz CT molecular complexity index is 906. The van der Waals surface area contributed by atoms with Gasteiger partial charge in [-0.05, 0) is 54.7 Å². The van der Waals surface area contributed by atoms with E-state index in [1.807, 2.05) is 58.3 Å². The Kier molecular flexibility index (Phi) is 6.68. The molecular weight excluding hydrogens is 392 g/mol. The molecule has 1 heterocycles. The van der Waals surface area contributed by atoms with Crippen LogP contribution >= 0.6 is 0 Å². The van der Waals surface area contributed by atoms with Crippen LogP contribution in [0.5, 0.6) is 0 Å². The highest BCUT2D eigenvalue weighted by Gasteiger charge is 2.41. The molecule has 2 amide bonds. The molecule has 0 bridgehead atoms. The third-order valence-corrected chi connectivity index (χ3v) is 6.04. The van der Waals surface area contributed by atoms with Crippen molar-refractivity contribution in [2.45, 2.75) is 44.6 Å². The maximum atomic E-state index is 13.3. The molecule has 0 radical (unpaired) electrons. The van der Waals surface area contributed by atoms with Crippen LogP contribution in [-0.2, 0) is 22.7 Å². The normalized spacial score (nSPS) is 18.3. The van der Waals surface area contributed by atoms with E-state index in [1.54, 1.807) is 14.2 Å². The van der Waals surface area contributed by atoms with Crippen molar-refractivity contribution in [3.63, 3.8) is 0 Å². The van der Waals surface area contributed by atoms with Gasteiger partial charge in [0, 0.05) is 44.5 Å². The fraction of sp³-hybridized carbons (Fsp3) is 0.440. The van der Waals surface area contributed by atoms with Gasteiger partial charge in [0.15, 0.2) is 0 Å². The third kappa shape index (κ3) is 4.97. The van der Waals surface area contributed by atoms with Crippen molar-refractivity contribution < 1.29 is 19.1 Å². The van der Waals surface area contributed by atoms with Gasteiger partial charge in [-0.3, -0.25) is 9.59 Å². The minimum atomic E-state index is 0.0265. The van der Waals surface area contributed by atoms with Crippen LogP contribution in [0.2, 0.25) is 0 Å². The van der Waals surface area contributed by atoms with Crippen LogP contribution in [0.1, 0.15) is 51.1 Å². The van der Waals surface area contributed by atoms with Crippen molar-refractivity contribution in [1.82, 2.24) is 9.80 Å². The molecule has 1 aliphatic carbocycles. The number of carbonyl (C=O) groups excluding carboxylic acids is 2. The highest BCUT2D eigenvalue weighted by molar-refractivity contribution is 5.96. The number of methoxy groups -OCH3 is 2. The molecule has 1 aliphatic heterocycles. The highest BCUT2D eigenvalue weighted by atomic mass is 16.5. The zero-order chi connectivity index (χ0) is 21.8. The molecule has 1 saturated carbocycles. The lowest BCUT2D eigenvalue weighted by Crippen LogP contribution is -2.44. The number of hydrogen-bond acceptors (Lipinski definition) is 4. The molecule has 2 aliphatic rings. The fourth-order valence-electron chi connectivity index (χ4n) is 4.29. The molecule has 2 aromatic rings. The van der Waals surface area contributed by atoms with Gasteiger partial charge in [-0.1, -0.05) is 24.3 Å². The predicted octanol–water partition coefficient (Wildman–Crippen LogP) is 3.50. The number of nitrogens with zero attached hydrogens (tertiary/aromatic N) is 2. The van der Waals surface area contributed by atoms with E-state index in [0.717, 1.165) is 30.4 Å². The molecule has 6 nitrogen and oxygen atoms in total. The number of ether oxygens (including phenoxy) is 2. The van der Waals surface area contributed by atoms with E-state index >= 15 is 0 Å². The van der Waals surface area contributed by atoms with E-state index in [9.17, 15) is 9.59 Å². The monoisotopic (exact) mass is 422 g/mol. The molecule has 4 rings (SSSR count). The minimum absolute atomic E-state index is 0.0265. The van der Waals surface area contributed by atoms with Crippen molar-refractivity contribution in [3.05, 3.63) is 70.8 Å². The lowest BCUT2D eigenvalue weighted by atomic mass is 10.1. The SMILES string of the molecule is COCc1ccc(C(=O)N2CCC(N(C(=O)c3ccc(COC)cc3)C3CC3)C2)cc1. The van der Waals surface area contributed by atoms with E-state index in [2.05, 4.69) is 0 Å². The minimum Gasteiger partial charge on any atom is -0.380 e. The number of hydrogen-bond donors (Lipinski definition) is 0. The summed E-state index contributed by atoms with van der Waals surface area (Å²) in [7, 11) is 3.32. The first-order valence-electron chi connectivity index (χ1n) is 10.9. The van der Waals surface area contributed by atoms with Crippen LogP contribution in [0.15, 0.2) is 48.5 Å². The average molecular weight is 423 g/mol. The largest absolute Gasteiger partial charge is 0.380 e. The van der Waals surface area contributed by atoms with E-state index in [-0.39, 0.29) is 17.9 Å². The smallest absolute Gasteiger partial charge is 0.254 e. The van der Waals surface area contributed by atoms with Crippen LogP contribution in [-0.4, -0.2) is 61.0 Å². The van der Waals surface area contributed by atoms with Gasteiger partial charge in [-0.2, -0.15) is 0 Å². The predicted molar refractivity (Wildman–Crippen MR) is 118 cm³/mol. The Morgan fingerprint density at radius 3 is 1.90 bits per heavy atom. The van der Waals surface area contributed by atoms with Gasteiger partial charge in [-0.15, -0.1) is 0 Å². The standard InChI is InChI=1S/C25H30N2O4/c1-30-16-18-3-7-20(8-4-18)24(28)26-14-13-23(15-26)27(22-11-12-22)25(29)21-9-5-19(6-10-21)17-31-2/h3-10,22-23H,11-17H2,1-2H3. The van der Waals surface area contributed by atoms with Gasteiger partial charge in [0.2, 0.25) is 0 Å². The Morgan fingerprint density at radius 1 is 0.839 bits per heavy atom. The summed E-state index contributed by atoms with van der Waals surface area (Å²) in [6, 6.07) is 15.6. The first-order valence-corrected chi connectivity index (χ1v) is 10.9. The van der Waals surface area contributed by atoms with Gasteiger partial charge in [0.1, 0.15) is 0 Å². The molecule has 2 aromatic carbocycles. The molecule has 0 spiro atoms. The lowest BCUT2D eigenvalue weighted by molar-refractivity contribution is 0.0641. The zero-order valence-corrected chi connectivity index (χ0v) is 18.3. The van der Waals surface area contributed by atoms with Crippen LogP contribution in [0.3, 0.4) is 0 Å². The van der Waals surface area contributed by atoms with Crippen LogP contribution in [0.25, 0.3) is 0 Å². The summed E-state index contributed by atoms with van der Waals surface area (Å²) in [4.78, 5) is 30.2. The number of amides is 2. The second-order valence-electron chi connectivity index (χ2n) is 8.40. The Hall–Kier alpha value is -2.70. The summed E-state index contributed by atoms with van der Waals surface area (Å²) < 4.78 is 10.3. The molecule has 6 heteroatoms.